The summed E-state index contributed by atoms with van der Waals surface area (Å²) in [6.45, 7) is 1.67. The SMILES string of the molecule is CCCNC(=O)NC(=O)COC(=O)CCN1C(=O)[C@H]2CCCC[C@@H]2C1=O. The van der Waals surface area contributed by atoms with Gasteiger partial charge in [0.2, 0.25) is 11.8 Å². The molecule has 144 valence electrons. The van der Waals surface area contributed by atoms with Gasteiger partial charge in [0.25, 0.3) is 5.91 Å². The van der Waals surface area contributed by atoms with Crippen LogP contribution in [0.5, 0.6) is 0 Å². The fourth-order valence-electron chi connectivity index (χ4n) is 3.32. The molecule has 0 aromatic heterocycles. The lowest BCUT2D eigenvalue weighted by Crippen LogP contribution is -2.41. The second-order valence-corrected chi connectivity index (χ2v) is 6.54. The van der Waals surface area contributed by atoms with E-state index in [9.17, 15) is 24.0 Å². The molecule has 2 rings (SSSR count). The number of rotatable bonds is 7. The van der Waals surface area contributed by atoms with E-state index in [1.165, 1.54) is 0 Å². The summed E-state index contributed by atoms with van der Waals surface area (Å²) in [5.41, 5.74) is 0. The van der Waals surface area contributed by atoms with E-state index in [0.29, 0.717) is 6.54 Å². The maximum atomic E-state index is 12.3. The lowest BCUT2D eigenvalue weighted by atomic mass is 9.81. The van der Waals surface area contributed by atoms with E-state index in [1.807, 2.05) is 12.2 Å². The normalized spacial score (nSPS) is 22.0. The average molecular weight is 367 g/mol. The summed E-state index contributed by atoms with van der Waals surface area (Å²) in [6.07, 6.45) is 3.87. The summed E-state index contributed by atoms with van der Waals surface area (Å²) in [5, 5.41) is 4.48. The van der Waals surface area contributed by atoms with Gasteiger partial charge in [0.15, 0.2) is 6.61 Å². The summed E-state index contributed by atoms with van der Waals surface area (Å²) in [6, 6.07) is -0.649. The molecule has 1 saturated heterocycles. The lowest BCUT2D eigenvalue weighted by molar-refractivity contribution is -0.149. The van der Waals surface area contributed by atoms with Crippen molar-refractivity contribution in [3.63, 3.8) is 0 Å². The van der Waals surface area contributed by atoms with Crippen molar-refractivity contribution in [3.8, 4) is 0 Å². The number of nitrogens with one attached hydrogen (secondary N) is 2. The quantitative estimate of drug-likeness (QED) is 0.494. The maximum absolute atomic E-state index is 12.3. The summed E-state index contributed by atoms with van der Waals surface area (Å²) in [5.74, 6) is -2.37. The third-order valence-corrected chi connectivity index (χ3v) is 4.62. The number of fused-ring (bicyclic) bond motifs is 1. The highest BCUT2D eigenvalue weighted by molar-refractivity contribution is 6.05. The molecule has 2 N–H and O–H groups in total. The van der Waals surface area contributed by atoms with Gasteiger partial charge in [0.1, 0.15) is 0 Å². The molecule has 1 heterocycles. The van der Waals surface area contributed by atoms with Crippen LogP contribution in [0.25, 0.3) is 0 Å². The number of ether oxygens (including phenoxy) is 1. The van der Waals surface area contributed by atoms with Crippen LogP contribution in [0.3, 0.4) is 0 Å². The van der Waals surface area contributed by atoms with E-state index in [2.05, 4.69) is 5.32 Å². The number of hydrogen-bond donors (Lipinski definition) is 2. The Morgan fingerprint density at radius 1 is 1.12 bits per heavy atom. The maximum Gasteiger partial charge on any atom is 0.321 e. The molecule has 1 aliphatic carbocycles. The van der Waals surface area contributed by atoms with Crippen molar-refractivity contribution in [2.45, 2.75) is 45.4 Å². The van der Waals surface area contributed by atoms with E-state index >= 15 is 0 Å². The fourth-order valence-corrected chi connectivity index (χ4v) is 3.32. The number of nitrogens with zero attached hydrogens (tertiary/aromatic N) is 1. The second kappa shape index (κ2) is 9.30. The number of imide groups is 2. The topological polar surface area (TPSA) is 122 Å². The molecule has 9 nitrogen and oxygen atoms in total. The molecule has 26 heavy (non-hydrogen) atoms. The van der Waals surface area contributed by atoms with Crippen molar-refractivity contribution in [2.24, 2.45) is 11.8 Å². The molecule has 0 bridgehead atoms. The van der Waals surface area contributed by atoms with E-state index in [-0.39, 0.29) is 36.6 Å². The Labute approximate surface area is 151 Å². The van der Waals surface area contributed by atoms with Crippen LogP contribution in [0.15, 0.2) is 0 Å². The van der Waals surface area contributed by atoms with Gasteiger partial charge in [-0.1, -0.05) is 19.8 Å². The number of carbonyl (C=O) groups is 5. The minimum Gasteiger partial charge on any atom is -0.456 e. The van der Waals surface area contributed by atoms with Crippen LogP contribution < -0.4 is 10.6 Å². The minimum absolute atomic E-state index is 0.0396. The highest BCUT2D eigenvalue weighted by atomic mass is 16.5. The highest BCUT2D eigenvalue weighted by Crippen LogP contribution is 2.37. The van der Waals surface area contributed by atoms with Gasteiger partial charge in [-0.2, -0.15) is 0 Å². The van der Waals surface area contributed by atoms with Crippen LogP contribution in [0.2, 0.25) is 0 Å². The monoisotopic (exact) mass is 367 g/mol. The Morgan fingerprint density at radius 2 is 1.73 bits per heavy atom. The zero-order valence-electron chi connectivity index (χ0n) is 14.9. The molecule has 2 fully saturated rings. The Bertz CT molecular complexity index is 567. The van der Waals surface area contributed by atoms with Crippen molar-refractivity contribution >= 4 is 29.7 Å². The molecule has 0 aromatic carbocycles. The minimum atomic E-state index is -0.744. The van der Waals surface area contributed by atoms with Gasteiger partial charge >= 0.3 is 12.0 Å². The fraction of sp³-hybridized carbons (Fsp3) is 0.706. The molecule has 0 aromatic rings. The van der Waals surface area contributed by atoms with Crippen LogP contribution in [-0.4, -0.2) is 54.3 Å². The van der Waals surface area contributed by atoms with Crippen molar-refractivity contribution in [3.05, 3.63) is 0 Å². The molecule has 2 aliphatic rings. The van der Waals surface area contributed by atoms with Gasteiger partial charge < -0.3 is 10.1 Å². The average Bonchev–Trinajstić information content (AvgIpc) is 2.87. The predicted molar refractivity (Wildman–Crippen MR) is 89.6 cm³/mol. The largest absolute Gasteiger partial charge is 0.456 e. The van der Waals surface area contributed by atoms with E-state index < -0.39 is 24.5 Å². The number of esters is 1. The first kappa shape index (κ1) is 19.9. The molecule has 0 unspecified atom stereocenters. The smallest absolute Gasteiger partial charge is 0.321 e. The third kappa shape index (κ3) is 5.03. The number of likely N-dealkylation sites (tertiary alicyclic amines) is 1. The third-order valence-electron chi connectivity index (χ3n) is 4.62. The molecule has 2 atom stereocenters. The lowest BCUT2D eigenvalue weighted by Gasteiger charge is -2.19. The van der Waals surface area contributed by atoms with E-state index in [1.54, 1.807) is 0 Å². The van der Waals surface area contributed by atoms with Crippen LogP contribution in [-0.2, 0) is 23.9 Å². The zero-order valence-corrected chi connectivity index (χ0v) is 14.9. The van der Waals surface area contributed by atoms with Gasteiger partial charge in [-0.15, -0.1) is 0 Å². The summed E-state index contributed by atoms with van der Waals surface area (Å²) < 4.78 is 4.78. The Hall–Kier alpha value is -2.45. The van der Waals surface area contributed by atoms with Gasteiger partial charge in [0.05, 0.1) is 18.3 Å². The Kier molecular flexibility index (Phi) is 7.11. The first-order chi connectivity index (χ1) is 12.4. The summed E-state index contributed by atoms with van der Waals surface area (Å²) in [7, 11) is 0. The van der Waals surface area contributed by atoms with Gasteiger partial charge in [-0.05, 0) is 19.3 Å². The van der Waals surface area contributed by atoms with Crippen molar-refractivity contribution in [2.75, 3.05) is 19.7 Å². The van der Waals surface area contributed by atoms with Gasteiger partial charge in [-0.3, -0.25) is 29.4 Å². The van der Waals surface area contributed by atoms with Crippen LogP contribution in [0.4, 0.5) is 4.79 Å². The second-order valence-electron chi connectivity index (χ2n) is 6.54. The van der Waals surface area contributed by atoms with E-state index in [0.717, 1.165) is 37.0 Å². The van der Waals surface area contributed by atoms with Crippen LogP contribution >= 0.6 is 0 Å². The molecule has 0 spiro atoms. The zero-order chi connectivity index (χ0) is 19.1. The highest BCUT2D eigenvalue weighted by Gasteiger charge is 2.47. The Balaban J connectivity index is 1.70. The molecule has 9 heteroatoms. The predicted octanol–water partition coefficient (Wildman–Crippen LogP) is 0.331. The summed E-state index contributed by atoms with van der Waals surface area (Å²) >= 11 is 0. The van der Waals surface area contributed by atoms with Crippen molar-refractivity contribution < 1.29 is 28.7 Å². The molecular weight excluding hydrogens is 342 g/mol. The van der Waals surface area contributed by atoms with E-state index in [4.69, 9.17) is 4.74 Å². The summed E-state index contributed by atoms with van der Waals surface area (Å²) in [4.78, 5) is 60.2. The molecule has 1 saturated carbocycles. The van der Waals surface area contributed by atoms with Gasteiger partial charge in [0, 0.05) is 13.1 Å². The standard InChI is InChI=1S/C17H25N3O6/c1-2-8-18-17(25)19-13(21)10-26-14(22)7-9-20-15(23)11-5-3-4-6-12(11)16(20)24/h11-12H,2-10H2,1H3,(H2,18,19,21,25)/t11-,12-/m0/s1. The van der Waals surface area contributed by atoms with Gasteiger partial charge in [-0.25, -0.2) is 4.79 Å². The molecule has 0 radical (unpaired) electrons. The first-order valence-corrected chi connectivity index (χ1v) is 9.02. The molecule has 1 aliphatic heterocycles. The Morgan fingerprint density at radius 3 is 2.31 bits per heavy atom. The van der Waals surface area contributed by atoms with Crippen molar-refractivity contribution in [1.82, 2.24) is 15.5 Å². The number of carbonyl (C=O) groups excluding carboxylic acids is 5. The number of urea groups is 1. The first-order valence-electron chi connectivity index (χ1n) is 9.02. The van der Waals surface area contributed by atoms with Crippen LogP contribution in [0, 0.1) is 11.8 Å². The van der Waals surface area contributed by atoms with Crippen LogP contribution in [0.1, 0.15) is 45.4 Å². The molecular formula is C17H25N3O6. The number of hydrogen-bond acceptors (Lipinski definition) is 6. The molecule has 5 amide bonds. The van der Waals surface area contributed by atoms with Crippen molar-refractivity contribution in [1.29, 1.82) is 0 Å². The number of amides is 5.